The molecule has 0 atom stereocenters. The monoisotopic (exact) mass is 199 g/mol. The number of carbonyl (C=O) groups excluding carboxylic acids is 1. The molecule has 0 N–H and O–H groups in total. The Morgan fingerprint density at radius 2 is 2.08 bits per heavy atom. The fourth-order valence-electron chi connectivity index (χ4n) is 0.959. The molecule has 0 saturated heterocycles. The molecular weight excluding hydrogens is 193 g/mol. The molecule has 0 heterocycles. The Kier molecular flexibility index (Phi) is 6.21. The summed E-state index contributed by atoms with van der Waals surface area (Å²) in [5.74, 6) is -1.24. The van der Waals surface area contributed by atoms with E-state index in [0.29, 0.717) is 5.56 Å². The first-order chi connectivity index (χ1) is 5.75. The molecule has 0 aliphatic carbocycles. The Labute approximate surface area is 119 Å². The van der Waals surface area contributed by atoms with Gasteiger partial charge in [0.2, 0.25) is 0 Å². The van der Waals surface area contributed by atoms with Gasteiger partial charge in [0.25, 0.3) is 0 Å². The molecule has 1 rings (SSSR count). The zero-order valence-corrected chi connectivity index (χ0v) is 10.4. The van der Waals surface area contributed by atoms with Gasteiger partial charge in [-0.3, -0.25) is 0 Å². The fourth-order valence-corrected chi connectivity index (χ4v) is 0.959. The number of aromatic carboxylic acids is 1. The van der Waals surface area contributed by atoms with Crippen LogP contribution >= 0.6 is 0 Å². The standard InChI is InChI=1S/C9H7NO2.K/c10-6-5-7-3-1-2-4-8(7)9(11)12;/h1-4H,5H2,(H,11,12);/q;+1/p-1. The smallest absolute Gasteiger partial charge is 0.545 e. The average Bonchev–Trinajstić information content (AvgIpc) is 2.05. The number of hydrogen-bond acceptors (Lipinski definition) is 3. The van der Waals surface area contributed by atoms with Crippen molar-refractivity contribution in [2.24, 2.45) is 0 Å². The van der Waals surface area contributed by atoms with E-state index >= 15 is 0 Å². The molecule has 3 nitrogen and oxygen atoms in total. The van der Waals surface area contributed by atoms with E-state index in [1.165, 1.54) is 6.07 Å². The summed E-state index contributed by atoms with van der Waals surface area (Å²) >= 11 is 0. The number of rotatable bonds is 2. The van der Waals surface area contributed by atoms with E-state index in [-0.39, 0.29) is 63.4 Å². The van der Waals surface area contributed by atoms with Crippen molar-refractivity contribution >= 4 is 5.97 Å². The summed E-state index contributed by atoms with van der Waals surface area (Å²) in [4.78, 5) is 10.5. The number of nitrogens with zero attached hydrogens (tertiary/aromatic N) is 1. The van der Waals surface area contributed by atoms with Gasteiger partial charge >= 0.3 is 51.4 Å². The SMILES string of the molecule is N#CCc1ccccc1C(=O)[O-].[K+]. The van der Waals surface area contributed by atoms with E-state index in [4.69, 9.17) is 5.26 Å². The van der Waals surface area contributed by atoms with Gasteiger partial charge in [0.15, 0.2) is 0 Å². The zero-order valence-electron chi connectivity index (χ0n) is 7.28. The molecular formula is C9H6KNO2. The summed E-state index contributed by atoms with van der Waals surface area (Å²) in [5, 5.41) is 18.8. The predicted molar refractivity (Wildman–Crippen MR) is 40.1 cm³/mol. The maximum atomic E-state index is 10.5. The topological polar surface area (TPSA) is 63.9 Å². The minimum Gasteiger partial charge on any atom is -0.545 e. The molecule has 0 spiro atoms. The van der Waals surface area contributed by atoms with Crippen LogP contribution in [0.1, 0.15) is 15.9 Å². The molecule has 0 saturated carbocycles. The van der Waals surface area contributed by atoms with Crippen LogP contribution in [-0.2, 0) is 6.42 Å². The van der Waals surface area contributed by atoms with Crippen LogP contribution in [0.4, 0.5) is 0 Å². The molecule has 0 amide bonds. The summed E-state index contributed by atoms with van der Waals surface area (Å²) in [6.07, 6.45) is 0.101. The molecule has 0 aliphatic heterocycles. The number of nitriles is 1. The van der Waals surface area contributed by atoms with E-state index in [2.05, 4.69) is 0 Å². The van der Waals surface area contributed by atoms with Crippen LogP contribution in [0.15, 0.2) is 24.3 Å². The van der Waals surface area contributed by atoms with Crippen LogP contribution in [0.25, 0.3) is 0 Å². The second kappa shape index (κ2) is 6.30. The molecule has 1 aromatic carbocycles. The first kappa shape index (κ1) is 12.8. The number of carboxylic acids is 1. The van der Waals surface area contributed by atoms with Crippen LogP contribution in [0.3, 0.4) is 0 Å². The number of benzene rings is 1. The number of carboxylic acid groups (broad SMARTS) is 1. The first-order valence-corrected chi connectivity index (χ1v) is 3.42. The molecule has 0 fully saturated rings. The van der Waals surface area contributed by atoms with Crippen LogP contribution in [0.5, 0.6) is 0 Å². The van der Waals surface area contributed by atoms with Gasteiger partial charge in [-0.1, -0.05) is 24.3 Å². The van der Waals surface area contributed by atoms with Gasteiger partial charge in [-0.2, -0.15) is 5.26 Å². The van der Waals surface area contributed by atoms with Gasteiger partial charge in [0.05, 0.1) is 18.5 Å². The van der Waals surface area contributed by atoms with Crippen molar-refractivity contribution in [3.63, 3.8) is 0 Å². The summed E-state index contributed by atoms with van der Waals surface area (Å²) < 4.78 is 0. The van der Waals surface area contributed by atoms with E-state index in [1.807, 2.05) is 6.07 Å². The van der Waals surface area contributed by atoms with Crippen molar-refractivity contribution in [1.29, 1.82) is 5.26 Å². The first-order valence-electron chi connectivity index (χ1n) is 3.42. The van der Waals surface area contributed by atoms with Gasteiger partial charge in [0.1, 0.15) is 0 Å². The molecule has 0 aromatic heterocycles. The Hall–Kier alpha value is -0.184. The van der Waals surface area contributed by atoms with E-state index < -0.39 is 5.97 Å². The number of hydrogen-bond donors (Lipinski definition) is 0. The maximum Gasteiger partial charge on any atom is 1.00 e. The van der Waals surface area contributed by atoms with E-state index in [9.17, 15) is 9.90 Å². The third-order valence-electron chi connectivity index (χ3n) is 1.51. The molecule has 0 aliphatic rings. The average molecular weight is 199 g/mol. The Morgan fingerprint density at radius 3 is 2.62 bits per heavy atom. The van der Waals surface area contributed by atoms with Gasteiger partial charge < -0.3 is 9.90 Å². The van der Waals surface area contributed by atoms with Crippen LogP contribution in [-0.4, -0.2) is 5.97 Å². The molecule has 13 heavy (non-hydrogen) atoms. The minimum absolute atomic E-state index is 0. The third-order valence-corrected chi connectivity index (χ3v) is 1.51. The quantitative estimate of drug-likeness (QED) is 0.481. The summed E-state index contributed by atoms with van der Waals surface area (Å²) in [7, 11) is 0. The van der Waals surface area contributed by atoms with Gasteiger partial charge in [-0.05, 0) is 5.56 Å². The summed E-state index contributed by atoms with van der Waals surface area (Å²) in [5.41, 5.74) is 0.596. The molecule has 1 aromatic rings. The molecule has 0 bridgehead atoms. The van der Waals surface area contributed by atoms with Gasteiger partial charge in [0, 0.05) is 5.56 Å². The van der Waals surface area contributed by atoms with Crippen molar-refractivity contribution in [2.45, 2.75) is 6.42 Å². The van der Waals surface area contributed by atoms with Crippen molar-refractivity contribution in [1.82, 2.24) is 0 Å². The van der Waals surface area contributed by atoms with Crippen LogP contribution < -0.4 is 56.5 Å². The van der Waals surface area contributed by atoms with Crippen LogP contribution in [0.2, 0.25) is 0 Å². The van der Waals surface area contributed by atoms with Crippen molar-refractivity contribution in [3.05, 3.63) is 35.4 Å². The van der Waals surface area contributed by atoms with Gasteiger partial charge in [-0.25, -0.2) is 0 Å². The molecule has 0 radical (unpaired) electrons. The molecule has 60 valence electrons. The Balaban J connectivity index is 0.00000144. The van der Waals surface area contributed by atoms with Crippen molar-refractivity contribution in [2.75, 3.05) is 0 Å². The van der Waals surface area contributed by atoms with Crippen molar-refractivity contribution < 1.29 is 61.3 Å². The minimum atomic E-state index is -1.24. The van der Waals surface area contributed by atoms with Gasteiger partial charge in [-0.15, -0.1) is 0 Å². The largest absolute Gasteiger partial charge is 1.00 e. The normalized spacial score (nSPS) is 8.23. The predicted octanol–water partition coefficient (Wildman–Crippen LogP) is -2.88. The molecule has 4 heteroatoms. The van der Waals surface area contributed by atoms with Crippen LogP contribution in [0, 0.1) is 11.3 Å². The second-order valence-electron chi connectivity index (χ2n) is 2.28. The zero-order chi connectivity index (χ0) is 8.97. The Bertz CT molecular complexity index is 344. The van der Waals surface area contributed by atoms with E-state index in [1.54, 1.807) is 18.2 Å². The summed E-state index contributed by atoms with van der Waals surface area (Å²) in [6, 6.07) is 8.22. The molecule has 0 unspecified atom stereocenters. The number of carbonyl (C=O) groups is 1. The fraction of sp³-hybridized carbons (Fsp3) is 0.111. The Morgan fingerprint density at radius 1 is 1.46 bits per heavy atom. The van der Waals surface area contributed by atoms with Crippen molar-refractivity contribution in [3.8, 4) is 6.07 Å². The second-order valence-corrected chi connectivity index (χ2v) is 2.28. The van der Waals surface area contributed by atoms with E-state index in [0.717, 1.165) is 0 Å². The third kappa shape index (κ3) is 3.59. The summed E-state index contributed by atoms with van der Waals surface area (Å²) in [6.45, 7) is 0. The maximum absolute atomic E-state index is 10.5.